The van der Waals surface area contributed by atoms with Crippen LogP contribution in [0.2, 0.25) is 0 Å². The van der Waals surface area contributed by atoms with Crippen molar-refractivity contribution in [2.75, 3.05) is 7.11 Å². The summed E-state index contributed by atoms with van der Waals surface area (Å²) in [6.07, 6.45) is 1.70. The van der Waals surface area contributed by atoms with Crippen LogP contribution in [-0.2, 0) is 6.54 Å². The van der Waals surface area contributed by atoms with Gasteiger partial charge < -0.3 is 15.5 Å². The Hall–Kier alpha value is -1.68. The van der Waals surface area contributed by atoms with Crippen molar-refractivity contribution in [3.63, 3.8) is 0 Å². The summed E-state index contributed by atoms with van der Waals surface area (Å²) in [5.74, 6) is 6.56. The van der Waals surface area contributed by atoms with Crippen LogP contribution in [0.25, 0.3) is 0 Å². The molecular weight excluding hydrogens is 190 g/mol. The van der Waals surface area contributed by atoms with E-state index in [9.17, 15) is 0 Å². The quantitative estimate of drug-likeness (QED) is 0.575. The lowest BCUT2D eigenvalue weighted by Gasteiger charge is -2.14. The largest absolute Gasteiger partial charge is 0.497 e. The van der Waals surface area contributed by atoms with Gasteiger partial charge in [-0.2, -0.15) is 0 Å². The Balaban J connectivity index is 2.61. The minimum absolute atomic E-state index is 0.624. The number of hydrogen-bond acceptors (Lipinski definition) is 4. The number of methoxy groups -OCH3 is 1. The van der Waals surface area contributed by atoms with Gasteiger partial charge in [-0.15, -0.1) is 0 Å². The summed E-state index contributed by atoms with van der Waals surface area (Å²) >= 11 is 0. The second-order valence-corrected chi connectivity index (χ2v) is 3.39. The first-order chi connectivity index (χ1) is 7.11. The van der Waals surface area contributed by atoms with E-state index < -0.39 is 0 Å². The summed E-state index contributed by atoms with van der Waals surface area (Å²) in [4.78, 5) is 0. The van der Waals surface area contributed by atoms with Gasteiger partial charge >= 0.3 is 0 Å². The highest BCUT2D eigenvalue weighted by Gasteiger charge is 1.97. The van der Waals surface area contributed by atoms with E-state index in [-0.39, 0.29) is 0 Å². The molecule has 0 amide bonds. The number of hydrogen-bond donors (Lipinski definition) is 2. The first kappa shape index (κ1) is 11.4. The van der Waals surface area contributed by atoms with E-state index in [1.807, 2.05) is 24.3 Å². The minimum Gasteiger partial charge on any atom is -0.497 e. The average Bonchev–Trinajstić information content (AvgIpc) is 2.17. The van der Waals surface area contributed by atoms with Crippen LogP contribution in [0.1, 0.15) is 12.5 Å². The van der Waals surface area contributed by atoms with Crippen LogP contribution in [0.15, 0.2) is 36.2 Å². The molecule has 0 aliphatic rings. The second kappa shape index (κ2) is 5.26. The Bertz CT molecular complexity index is 328. The van der Waals surface area contributed by atoms with Gasteiger partial charge in [-0.25, -0.2) is 5.84 Å². The van der Waals surface area contributed by atoms with Crippen molar-refractivity contribution in [1.82, 2.24) is 5.01 Å². The third-order valence-electron chi connectivity index (χ3n) is 1.89. The fraction of sp³-hybridized carbons (Fsp3) is 0.273. The molecule has 0 saturated heterocycles. The molecule has 1 aromatic carbocycles. The Morgan fingerprint density at radius 2 is 2.00 bits per heavy atom. The summed E-state index contributed by atoms with van der Waals surface area (Å²) < 4.78 is 5.06. The third kappa shape index (κ3) is 3.91. The van der Waals surface area contributed by atoms with Crippen LogP contribution in [0, 0.1) is 0 Å². The maximum absolute atomic E-state index is 5.72. The van der Waals surface area contributed by atoms with Gasteiger partial charge in [0.2, 0.25) is 0 Å². The predicted octanol–water partition coefficient (Wildman–Crippen LogP) is 1.19. The zero-order valence-corrected chi connectivity index (χ0v) is 9.10. The van der Waals surface area contributed by atoms with Gasteiger partial charge in [-0.1, -0.05) is 12.1 Å². The van der Waals surface area contributed by atoms with Gasteiger partial charge in [0.1, 0.15) is 5.75 Å². The minimum atomic E-state index is 0.624. The Labute approximate surface area is 90.1 Å². The van der Waals surface area contributed by atoms with Crippen molar-refractivity contribution in [2.24, 2.45) is 11.6 Å². The van der Waals surface area contributed by atoms with Crippen LogP contribution in [0.4, 0.5) is 0 Å². The normalized spacial score (nSPS) is 11.3. The molecule has 0 aliphatic heterocycles. The number of nitrogens with zero attached hydrogens (tertiary/aromatic N) is 1. The molecular formula is C11H17N3O. The second-order valence-electron chi connectivity index (χ2n) is 3.39. The molecule has 0 radical (unpaired) electrons. The number of allylic oxidation sites excluding steroid dienone is 1. The number of hydrazine groups is 1. The van der Waals surface area contributed by atoms with E-state index in [4.69, 9.17) is 16.3 Å². The molecule has 0 heterocycles. The highest BCUT2D eigenvalue weighted by Crippen LogP contribution is 2.12. The SMILES string of the molecule is COc1ccc(CN(N)/C=C(/C)N)cc1. The molecule has 0 bridgehead atoms. The Morgan fingerprint density at radius 3 is 2.47 bits per heavy atom. The van der Waals surface area contributed by atoms with E-state index in [0.29, 0.717) is 12.2 Å². The fourth-order valence-electron chi connectivity index (χ4n) is 1.25. The molecule has 4 N–H and O–H groups in total. The van der Waals surface area contributed by atoms with Gasteiger partial charge in [-0.05, 0) is 24.6 Å². The third-order valence-corrected chi connectivity index (χ3v) is 1.89. The fourth-order valence-corrected chi connectivity index (χ4v) is 1.25. The number of rotatable bonds is 4. The molecule has 15 heavy (non-hydrogen) atoms. The zero-order valence-electron chi connectivity index (χ0n) is 9.10. The smallest absolute Gasteiger partial charge is 0.118 e. The van der Waals surface area contributed by atoms with Crippen LogP contribution >= 0.6 is 0 Å². The Kier molecular flexibility index (Phi) is 4.00. The van der Waals surface area contributed by atoms with E-state index in [1.165, 1.54) is 0 Å². The average molecular weight is 207 g/mol. The molecule has 0 aromatic heterocycles. The molecule has 82 valence electrons. The lowest BCUT2D eigenvalue weighted by molar-refractivity contribution is 0.382. The van der Waals surface area contributed by atoms with Crippen LogP contribution in [0.5, 0.6) is 5.75 Å². The van der Waals surface area contributed by atoms with Gasteiger partial charge in [0, 0.05) is 11.9 Å². The number of nitrogens with two attached hydrogens (primary N) is 2. The van der Waals surface area contributed by atoms with Gasteiger partial charge in [-0.3, -0.25) is 0 Å². The van der Waals surface area contributed by atoms with Crippen molar-refractivity contribution in [1.29, 1.82) is 0 Å². The predicted molar refractivity (Wildman–Crippen MR) is 60.7 cm³/mol. The van der Waals surface area contributed by atoms with Crippen molar-refractivity contribution in [2.45, 2.75) is 13.5 Å². The molecule has 0 fully saturated rings. The molecule has 0 aliphatic carbocycles. The van der Waals surface area contributed by atoms with E-state index in [1.54, 1.807) is 25.2 Å². The van der Waals surface area contributed by atoms with Gasteiger partial charge in [0.05, 0.1) is 13.7 Å². The summed E-state index contributed by atoms with van der Waals surface area (Å²) in [5.41, 5.74) is 7.31. The first-order valence-electron chi connectivity index (χ1n) is 4.70. The van der Waals surface area contributed by atoms with E-state index in [0.717, 1.165) is 11.3 Å². The summed E-state index contributed by atoms with van der Waals surface area (Å²) in [6.45, 7) is 2.42. The summed E-state index contributed by atoms with van der Waals surface area (Å²) in [5, 5.41) is 1.55. The van der Waals surface area contributed by atoms with E-state index in [2.05, 4.69) is 0 Å². The summed E-state index contributed by atoms with van der Waals surface area (Å²) in [6, 6.07) is 7.75. The number of ether oxygens (including phenoxy) is 1. The highest BCUT2D eigenvalue weighted by atomic mass is 16.5. The van der Waals surface area contributed by atoms with Crippen molar-refractivity contribution < 1.29 is 4.74 Å². The topological polar surface area (TPSA) is 64.5 Å². The summed E-state index contributed by atoms with van der Waals surface area (Å²) in [7, 11) is 1.64. The maximum atomic E-state index is 5.72. The molecule has 1 aromatic rings. The van der Waals surface area contributed by atoms with Crippen molar-refractivity contribution in [3.05, 3.63) is 41.7 Å². The van der Waals surface area contributed by atoms with Crippen molar-refractivity contribution in [3.8, 4) is 5.75 Å². The Morgan fingerprint density at radius 1 is 1.40 bits per heavy atom. The zero-order chi connectivity index (χ0) is 11.3. The van der Waals surface area contributed by atoms with Crippen molar-refractivity contribution >= 4 is 0 Å². The molecule has 0 spiro atoms. The molecule has 1 rings (SSSR count). The number of benzene rings is 1. The lowest BCUT2D eigenvalue weighted by atomic mass is 10.2. The highest BCUT2D eigenvalue weighted by molar-refractivity contribution is 5.27. The molecule has 0 atom stereocenters. The van der Waals surface area contributed by atoms with Gasteiger partial charge in [0.15, 0.2) is 0 Å². The van der Waals surface area contributed by atoms with Crippen LogP contribution < -0.4 is 16.3 Å². The van der Waals surface area contributed by atoms with E-state index >= 15 is 0 Å². The molecule has 0 unspecified atom stereocenters. The van der Waals surface area contributed by atoms with Crippen LogP contribution in [0.3, 0.4) is 0 Å². The van der Waals surface area contributed by atoms with Crippen LogP contribution in [-0.4, -0.2) is 12.1 Å². The van der Waals surface area contributed by atoms with Gasteiger partial charge in [0.25, 0.3) is 0 Å². The standard InChI is InChI=1S/C11H17N3O/c1-9(12)7-14(13)8-10-3-5-11(15-2)6-4-10/h3-7H,8,12-13H2,1-2H3/b9-7-. The lowest BCUT2D eigenvalue weighted by Crippen LogP contribution is -2.25. The monoisotopic (exact) mass is 207 g/mol. The first-order valence-corrected chi connectivity index (χ1v) is 4.70. The molecule has 4 nitrogen and oxygen atoms in total. The molecule has 4 heteroatoms. The molecule has 0 saturated carbocycles. The maximum Gasteiger partial charge on any atom is 0.118 e.